The van der Waals surface area contributed by atoms with Gasteiger partial charge in [-0.15, -0.1) is 0 Å². The Morgan fingerprint density at radius 2 is 1.67 bits per heavy atom. The van der Waals surface area contributed by atoms with Crippen LogP contribution in [-0.4, -0.2) is 11.4 Å². The molecule has 0 radical (unpaired) electrons. The van der Waals surface area contributed by atoms with E-state index in [0.29, 0.717) is 0 Å². The van der Waals surface area contributed by atoms with Gasteiger partial charge in [0, 0.05) is 18.4 Å². The van der Waals surface area contributed by atoms with Crippen LogP contribution in [0.25, 0.3) is 0 Å². The number of rotatable bonds is 5. The molecule has 0 rings (SSSR count). The van der Waals surface area contributed by atoms with Crippen molar-refractivity contribution < 1.29 is 0 Å². The van der Waals surface area contributed by atoms with Gasteiger partial charge in [-0.3, -0.25) is 0 Å². The molecular weight excluding hydrogens is 182 g/mol. The van der Waals surface area contributed by atoms with Crippen molar-refractivity contribution in [3.05, 3.63) is 35.2 Å². The third-order valence-electron chi connectivity index (χ3n) is 2.49. The average molecular weight is 207 g/mol. The van der Waals surface area contributed by atoms with Gasteiger partial charge in [0.15, 0.2) is 0 Å². The van der Waals surface area contributed by atoms with Crippen LogP contribution in [0.4, 0.5) is 0 Å². The smallest absolute Gasteiger partial charge is 0.0219 e. The summed E-state index contributed by atoms with van der Waals surface area (Å²) in [6.45, 7) is 17.9. The Labute approximate surface area is 95.2 Å². The predicted molar refractivity (Wildman–Crippen MR) is 69.6 cm³/mol. The Morgan fingerprint density at radius 1 is 1.13 bits per heavy atom. The second kappa shape index (κ2) is 6.49. The van der Waals surface area contributed by atoms with Gasteiger partial charge in [-0.05, 0) is 46.6 Å². The standard InChI is InChI=1S/C14H25N/c1-8-9-15(10-11(2)3)14(7)13(6)12(4)5/h10H,4,8-9H2,1-3,5-7H3/b14-13+. The second-order valence-electron chi connectivity index (χ2n) is 4.39. The highest BCUT2D eigenvalue weighted by atomic mass is 15.1. The van der Waals surface area contributed by atoms with Gasteiger partial charge in [0.25, 0.3) is 0 Å². The maximum absolute atomic E-state index is 3.99. The number of allylic oxidation sites excluding steroid dienone is 4. The second-order valence-corrected chi connectivity index (χ2v) is 4.39. The zero-order valence-corrected chi connectivity index (χ0v) is 11.1. The molecule has 1 heteroatoms. The van der Waals surface area contributed by atoms with Crippen molar-refractivity contribution in [1.29, 1.82) is 0 Å². The molecule has 0 saturated carbocycles. The molecule has 0 aromatic heterocycles. The molecule has 0 aromatic carbocycles. The van der Waals surface area contributed by atoms with Crippen molar-refractivity contribution >= 4 is 0 Å². The highest BCUT2D eigenvalue weighted by molar-refractivity contribution is 5.29. The molecule has 0 unspecified atom stereocenters. The Hall–Kier alpha value is -0.980. The first-order chi connectivity index (χ1) is 6.90. The molecule has 1 nitrogen and oxygen atoms in total. The van der Waals surface area contributed by atoms with Gasteiger partial charge in [-0.25, -0.2) is 0 Å². The maximum Gasteiger partial charge on any atom is 0.0219 e. The molecule has 0 aliphatic heterocycles. The zero-order valence-electron chi connectivity index (χ0n) is 11.1. The van der Waals surface area contributed by atoms with Gasteiger partial charge in [0.2, 0.25) is 0 Å². The lowest BCUT2D eigenvalue weighted by Gasteiger charge is -2.23. The van der Waals surface area contributed by atoms with Crippen molar-refractivity contribution in [2.75, 3.05) is 6.54 Å². The molecule has 0 N–H and O–H groups in total. The molecule has 0 fully saturated rings. The minimum Gasteiger partial charge on any atom is -0.352 e. The highest BCUT2D eigenvalue weighted by Crippen LogP contribution is 2.17. The first-order valence-electron chi connectivity index (χ1n) is 5.65. The normalized spacial score (nSPS) is 11.9. The summed E-state index contributed by atoms with van der Waals surface area (Å²) in [6, 6.07) is 0. The van der Waals surface area contributed by atoms with Crippen LogP contribution in [0.1, 0.15) is 48.0 Å². The summed E-state index contributed by atoms with van der Waals surface area (Å²) in [7, 11) is 0. The van der Waals surface area contributed by atoms with Gasteiger partial charge >= 0.3 is 0 Å². The van der Waals surface area contributed by atoms with Crippen LogP contribution in [0.15, 0.2) is 35.2 Å². The van der Waals surface area contributed by atoms with Gasteiger partial charge in [0.1, 0.15) is 0 Å². The summed E-state index contributed by atoms with van der Waals surface area (Å²) in [6.07, 6.45) is 3.37. The van der Waals surface area contributed by atoms with E-state index in [9.17, 15) is 0 Å². The van der Waals surface area contributed by atoms with Crippen molar-refractivity contribution in [2.45, 2.75) is 48.0 Å². The third-order valence-corrected chi connectivity index (χ3v) is 2.49. The molecule has 0 amide bonds. The molecule has 0 heterocycles. The summed E-state index contributed by atoms with van der Waals surface area (Å²) < 4.78 is 0. The van der Waals surface area contributed by atoms with E-state index in [1.165, 1.54) is 16.8 Å². The lowest BCUT2D eigenvalue weighted by atomic mass is 10.1. The summed E-state index contributed by atoms with van der Waals surface area (Å²) in [5, 5.41) is 0. The van der Waals surface area contributed by atoms with Crippen molar-refractivity contribution in [3.8, 4) is 0 Å². The Bertz CT molecular complexity index is 278. The van der Waals surface area contributed by atoms with Gasteiger partial charge in [-0.1, -0.05) is 24.6 Å². The number of hydrogen-bond donors (Lipinski definition) is 0. The quantitative estimate of drug-likeness (QED) is 0.600. The molecule has 86 valence electrons. The molecule has 15 heavy (non-hydrogen) atoms. The Balaban J connectivity index is 5.00. The van der Waals surface area contributed by atoms with E-state index in [0.717, 1.165) is 18.5 Å². The Kier molecular flexibility index (Phi) is 6.07. The molecular formula is C14H25N. The Morgan fingerprint density at radius 3 is 2.00 bits per heavy atom. The van der Waals surface area contributed by atoms with Crippen molar-refractivity contribution in [2.24, 2.45) is 0 Å². The van der Waals surface area contributed by atoms with Crippen LogP contribution in [-0.2, 0) is 0 Å². The van der Waals surface area contributed by atoms with Crippen molar-refractivity contribution in [3.63, 3.8) is 0 Å². The van der Waals surface area contributed by atoms with Crippen LogP contribution in [0.5, 0.6) is 0 Å². The SMILES string of the molecule is C=C(C)/C(C)=C(\C)N(C=C(C)C)CCC. The van der Waals surface area contributed by atoms with Crippen LogP contribution in [0, 0.1) is 0 Å². The summed E-state index contributed by atoms with van der Waals surface area (Å²) >= 11 is 0. The fraction of sp³-hybridized carbons (Fsp3) is 0.571. The van der Waals surface area contributed by atoms with E-state index in [1.54, 1.807) is 0 Å². The van der Waals surface area contributed by atoms with Crippen LogP contribution in [0.2, 0.25) is 0 Å². The summed E-state index contributed by atoms with van der Waals surface area (Å²) in [5.74, 6) is 0. The number of hydrogen-bond acceptors (Lipinski definition) is 1. The van der Waals surface area contributed by atoms with E-state index >= 15 is 0 Å². The lowest BCUT2D eigenvalue weighted by Crippen LogP contribution is -2.17. The van der Waals surface area contributed by atoms with E-state index in [2.05, 4.69) is 59.2 Å². The minimum absolute atomic E-state index is 1.07. The first kappa shape index (κ1) is 14.0. The molecule has 0 saturated heterocycles. The molecule has 0 spiro atoms. The topological polar surface area (TPSA) is 3.24 Å². The summed E-state index contributed by atoms with van der Waals surface area (Å²) in [5.41, 5.74) is 5.08. The number of nitrogens with zero attached hydrogens (tertiary/aromatic N) is 1. The van der Waals surface area contributed by atoms with Crippen LogP contribution in [0.3, 0.4) is 0 Å². The molecule has 0 aromatic rings. The third kappa shape index (κ3) is 4.87. The largest absolute Gasteiger partial charge is 0.352 e. The zero-order chi connectivity index (χ0) is 12.0. The van der Waals surface area contributed by atoms with E-state index in [-0.39, 0.29) is 0 Å². The maximum atomic E-state index is 3.99. The predicted octanol–water partition coefficient (Wildman–Crippen LogP) is 4.49. The first-order valence-corrected chi connectivity index (χ1v) is 5.65. The summed E-state index contributed by atoms with van der Waals surface area (Å²) in [4.78, 5) is 2.32. The molecule has 0 bridgehead atoms. The highest BCUT2D eigenvalue weighted by Gasteiger charge is 2.05. The lowest BCUT2D eigenvalue weighted by molar-refractivity contribution is 0.455. The fourth-order valence-corrected chi connectivity index (χ4v) is 1.41. The van der Waals surface area contributed by atoms with E-state index in [4.69, 9.17) is 0 Å². The van der Waals surface area contributed by atoms with Crippen molar-refractivity contribution in [1.82, 2.24) is 4.90 Å². The van der Waals surface area contributed by atoms with Crippen LogP contribution >= 0.6 is 0 Å². The van der Waals surface area contributed by atoms with E-state index < -0.39 is 0 Å². The molecule has 0 aliphatic carbocycles. The van der Waals surface area contributed by atoms with Gasteiger partial charge < -0.3 is 4.90 Å². The van der Waals surface area contributed by atoms with E-state index in [1.807, 2.05) is 0 Å². The van der Waals surface area contributed by atoms with Gasteiger partial charge in [0.05, 0.1) is 0 Å². The fourth-order valence-electron chi connectivity index (χ4n) is 1.41. The molecule has 0 aliphatic rings. The molecule has 0 atom stereocenters. The average Bonchev–Trinajstić information content (AvgIpc) is 2.14. The van der Waals surface area contributed by atoms with Gasteiger partial charge in [-0.2, -0.15) is 0 Å². The monoisotopic (exact) mass is 207 g/mol. The minimum atomic E-state index is 1.07. The van der Waals surface area contributed by atoms with Crippen LogP contribution < -0.4 is 0 Å².